The number of Topliss-reactive ketones (excluding diaryl/α,β-unsaturated/α-hetero) is 1. The van der Waals surface area contributed by atoms with Gasteiger partial charge in [0.2, 0.25) is 0 Å². The average molecular weight is 528 g/mol. The minimum absolute atomic E-state index is 0.133. The number of hydrogen-bond acceptors (Lipinski definition) is 9. The molecule has 2 aliphatic rings. The number of hydrogen-bond donors (Lipinski definition) is 4. The Balaban J connectivity index is 1.92. The van der Waals surface area contributed by atoms with Gasteiger partial charge in [-0.2, -0.15) is 0 Å². The minimum atomic E-state index is -3.84. The monoisotopic (exact) mass is 528 g/mol. The number of rotatable bonds is 4. The average Bonchev–Trinajstić information content (AvgIpc) is 3.24. The molecular weight excluding hydrogens is 497 g/mol. The summed E-state index contributed by atoms with van der Waals surface area (Å²) in [5.41, 5.74) is 0.769. The summed E-state index contributed by atoms with van der Waals surface area (Å²) in [6.45, 7) is 2.26. The van der Waals surface area contributed by atoms with Gasteiger partial charge in [0.05, 0.1) is 19.0 Å². The molecule has 0 spiro atoms. The molecule has 15 heteroatoms. The van der Waals surface area contributed by atoms with E-state index in [1.54, 1.807) is 25.1 Å². The Morgan fingerprint density at radius 1 is 1.52 bits per heavy atom. The van der Waals surface area contributed by atoms with Crippen molar-refractivity contribution in [2.24, 2.45) is 0 Å². The molecule has 33 heavy (non-hydrogen) atoms. The van der Waals surface area contributed by atoms with Gasteiger partial charge in [-0.3, -0.25) is 15.0 Å². The van der Waals surface area contributed by atoms with Crippen molar-refractivity contribution < 1.29 is 37.5 Å². The molecule has 1 aromatic heterocycles. The van der Waals surface area contributed by atoms with E-state index in [1.807, 2.05) is 0 Å². The largest absolute Gasteiger partial charge is 0.387 e. The number of imidazole rings is 1. The van der Waals surface area contributed by atoms with Crippen molar-refractivity contribution in [2.75, 3.05) is 19.8 Å². The lowest BCUT2D eigenvalue weighted by Gasteiger charge is -2.29. The topological polar surface area (TPSA) is 148 Å². The number of aromatic nitrogens is 2. The molecule has 1 aromatic rings. The predicted octanol–water partition coefficient (Wildman–Crippen LogP) is 2.64. The van der Waals surface area contributed by atoms with Crippen LogP contribution >= 0.6 is 14.2 Å². The number of ketones is 1. The SMILES string of the molecule is CC[C@@H](F)[C@H]1CCNP(C)(=N)O[C@@H]2[C@H](O)[C@@H](COP(O)(=S)O1)O[C@H]2n1cnc(C(C)=O)c1C. The fourth-order valence-corrected chi connectivity index (χ4v) is 6.69. The standard InChI is InChI=1S/C18H31FN4O7P2S/c1-5-12(19)13-6-7-22-31(4,20)30-17-16(25)14(8-27-32(26,33)29-13)28-18(17)23-9-21-15(10(23)2)11(3)24/h9,12-14,16-18,25H,5-8H2,1-4H3,(H2,20,22)(H,26,33)/t12-,13-,14-,16-,17-,18-,31?,32?/m1/s1. The quantitative estimate of drug-likeness (QED) is 0.340. The number of nitrogens with zero attached hydrogens (tertiary/aromatic N) is 2. The summed E-state index contributed by atoms with van der Waals surface area (Å²) in [6.07, 6.45) is -4.86. The van der Waals surface area contributed by atoms with Crippen LogP contribution in [0.4, 0.5) is 4.39 Å². The zero-order valence-corrected chi connectivity index (χ0v) is 21.5. The maximum atomic E-state index is 14.4. The van der Waals surface area contributed by atoms with E-state index in [4.69, 9.17) is 35.3 Å². The smallest absolute Gasteiger partial charge is 0.324 e. The van der Waals surface area contributed by atoms with Crippen LogP contribution in [0.3, 0.4) is 0 Å². The number of fused-ring (bicyclic) bond motifs is 2. The number of aliphatic hydroxyl groups excluding tert-OH is 1. The van der Waals surface area contributed by atoms with E-state index in [0.29, 0.717) is 5.69 Å². The van der Waals surface area contributed by atoms with Gasteiger partial charge in [-0.15, -0.1) is 0 Å². The van der Waals surface area contributed by atoms with Crippen LogP contribution in [-0.2, 0) is 30.1 Å². The van der Waals surface area contributed by atoms with Crippen LogP contribution in [0.25, 0.3) is 0 Å². The molecule has 8 atom stereocenters. The Morgan fingerprint density at radius 3 is 2.82 bits per heavy atom. The van der Waals surface area contributed by atoms with E-state index in [1.165, 1.54) is 13.3 Å². The van der Waals surface area contributed by atoms with Crippen molar-refractivity contribution >= 4 is 31.7 Å². The first-order valence-electron chi connectivity index (χ1n) is 10.6. The van der Waals surface area contributed by atoms with Crippen LogP contribution in [0, 0.1) is 12.1 Å². The highest BCUT2D eigenvalue weighted by Gasteiger charge is 2.48. The first-order chi connectivity index (χ1) is 15.3. The van der Waals surface area contributed by atoms with Crippen LogP contribution in [0.5, 0.6) is 0 Å². The van der Waals surface area contributed by atoms with Gasteiger partial charge < -0.3 is 32.9 Å². The van der Waals surface area contributed by atoms with Crippen LogP contribution in [0.1, 0.15) is 49.1 Å². The summed E-state index contributed by atoms with van der Waals surface area (Å²) in [6, 6.07) is 0. The summed E-state index contributed by atoms with van der Waals surface area (Å²) in [5.74, 6) is -0.227. The molecule has 4 N–H and O–H groups in total. The molecule has 0 saturated carbocycles. The van der Waals surface area contributed by atoms with E-state index in [9.17, 15) is 19.2 Å². The lowest BCUT2D eigenvalue weighted by Crippen LogP contribution is -2.36. The number of halogens is 1. The van der Waals surface area contributed by atoms with Crippen LogP contribution in [0.15, 0.2) is 6.33 Å². The van der Waals surface area contributed by atoms with Gasteiger partial charge in [-0.05, 0) is 31.6 Å². The molecular formula is C18H31FN4O7P2S. The number of carbonyl (C=O) groups excluding carboxylic acids is 1. The maximum Gasteiger partial charge on any atom is 0.324 e. The van der Waals surface area contributed by atoms with E-state index >= 15 is 0 Å². The highest BCUT2D eigenvalue weighted by atomic mass is 32.5. The van der Waals surface area contributed by atoms with E-state index < -0.39 is 51.0 Å². The lowest BCUT2D eigenvalue weighted by molar-refractivity contribution is -0.0509. The van der Waals surface area contributed by atoms with Gasteiger partial charge in [-0.1, -0.05) is 6.92 Å². The lowest BCUT2D eigenvalue weighted by atomic mass is 10.1. The van der Waals surface area contributed by atoms with Gasteiger partial charge in [0.1, 0.15) is 37.6 Å². The summed E-state index contributed by atoms with van der Waals surface area (Å²) < 4.78 is 38.8. The van der Waals surface area contributed by atoms with Gasteiger partial charge in [0.25, 0.3) is 0 Å². The van der Waals surface area contributed by atoms with Crippen molar-refractivity contribution in [1.29, 1.82) is 5.16 Å². The normalized spacial score (nSPS) is 39.3. The molecule has 0 aliphatic carbocycles. The third kappa shape index (κ3) is 6.35. The molecule has 2 unspecified atom stereocenters. The first-order valence-corrected chi connectivity index (χ1v) is 15.3. The molecule has 0 amide bonds. The second kappa shape index (κ2) is 10.6. The predicted molar refractivity (Wildman–Crippen MR) is 122 cm³/mol. The highest BCUT2D eigenvalue weighted by Crippen LogP contribution is 2.50. The Morgan fingerprint density at radius 2 is 2.21 bits per heavy atom. The van der Waals surface area contributed by atoms with E-state index in [2.05, 4.69) is 10.1 Å². The molecule has 188 valence electrons. The Kier molecular flexibility index (Phi) is 8.65. The van der Waals surface area contributed by atoms with Gasteiger partial charge in [0.15, 0.2) is 12.0 Å². The Hall–Kier alpha value is -0.590. The van der Waals surface area contributed by atoms with Gasteiger partial charge >= 0.3 is 6.72 Å². The minimum Gasteiger partial charge on any atom is -0.387 e. The number of aliphatic hydroxyl groups is 1. The molecule has 0 radical (unpaired) electrons. The molecule has 2 fully saturated rings. The number of nitrogens with one attached hydrogen (secondary N) is 2. The van der Waals surface area contributed by atoms with Crippen LogP contribution < -0.4 is 5.09 Å². The van der Waals surface area contributed by atoms with Crippen molar-refractivity contribution in [1.82, 2.24) is 14.6 Å². The number of alkyl halides is 1. The summed E-state index contributed by atoms with van der Waals surface area (Å²) in [4.78, 5) is 26.5. The first kappa shape index (κ1) is 27.0. The van der Waals surface area contributed by atoms with Crippen molar-refractivity contribution in [2.45, 2.75) is 70.4 Å². The fourth-order valence-electron chi connectivity index (χ4n) is 3.85. The summed E-state index contributed by atoms with van der Waals surface area (Å²) in [7, 11) is -3.01. The second-order valence-electron chi connectivity index (χ2n) is 8.22. The van der Waals surface area contributed by atoms with E-state index in [-0.39, 0.29) is 37.5 Å². The highest BCUT2D eigenvalue weighted by molar-refractivity contribution is 8.07. The third-order valence-corrected chi connectivity index (χ3v) is 8.68. The molecule has 0 aromatic carbocycles. The van der Waals surface area contributed by atoms with Crippen molar-refractivity contribution in [3.63, 3.8) is 0 Å². The number of ether oxygens (including phenoxy) is 1. The molecule has 2 bridgehead atoms. The molecule has 2 saturated heterocycles. The molecule has 3 rings (SSSR count). The fraction of sp³-hybridized carbons (Fsp3) is 0.778. The zero-order valence-electron chi connectivity index (χ0n) is 18.9. The Bertz CT molecular complexity index is 966. The number of carbonyl (C=O) groups is 1. The molecule has 2 aliphatic heterocycles. The van der Waals surface area contributed by atoms with Crippen LogP contribution in [-0.4, -0.2) is 75.7 Å². The third-order valence-electron chi connectivity index (χ3n) is 5.60. The summed E-state index contributed by atoms with van der Waals surface area (Å²) >= 11 is 5.06. The molecule has 3 heterocycles. The molecule has 11 nitrogen and oxygen atoms in total. The van der Waals surface area contributed by atoms with Crippen molar-refractivity contribution in [3.05, 3.63) is 17.7 Å². The van der Waals surface area contributed by atoms with Gasteiger partial charge in [-0.25, -0.2) is 9.37 Å². The Labute approximate surface area is 197 Å². The second-order valence-corrected chi connectivity index (χ2v) is 13.4. The van der Waals surface area contributed by atoms with Gasteiger partial charge in [0, 0.05) is 25.8 Å². The van der Waals surface area contributed by atoms with E-state index in [0.717, 1.165) is 0 Å². The van der Waals surface area contributed by atoms with Crippen molar-refractivity contribution in [3.8, 4) is 0 Å². The maximum absolute atomic E-state index is 14.4. The summed E-state index contributed by atoms with van der Waals surface area (Å²) in [5, 5.41) is 22.6. The van der Waals surface area contributed by atoms with Crippen LogP contribution in [0.2, 0.25) is 0 Å². The zero-order chi connectivity index (χ0) is 24.6.